The topological polar surface area (TPSA) is 53.6 Å². The summed E-state index contributed by atoms with van der Waals surface area (Å²) < 4.78 is 0.684. The number of aromatic nitrogens is 3. The van der Waals surface area contributed by atoms with Crippen LogP contribution in [0.3, 0.4) is 0 Å². The van der Waals surface area contributed by atoms with Crippen molar-refractivity contribution in [3.05, 3.63) is 0 Å². The summed E-state index contributed by atoms with van der Waals surface area (Å²) in [5.41, 5.74) is 0. The fourth-order valence-corrected chi connectivity index (χ4v) is 1.46. The highest BCUT2D eigenvalue weighted by molar-refractivity contribution is 8.22. The first kappa shape index (κ1) is 10.8. The number of nitrogens with zero attached hydrogens (tertiary/aromatic N) is 2. The van der Waals surface area contributed by atoms with E-state index in [1.807, 2.05) is 6.26 Å². The van der Waals surface area contributed by atoms with Gasteiger partial charge in [0, 0.05) is 0 Å². The molecule has 13 heavy (non-hydrogen) atoms. The van der Waals surface area contributed by atoms with E-state index in [0.29, 0.717) is 10.3 Å². The number of hydrogen-bond acceptors (Lipinski definition) is 5. The number of anilines is 1. The Balaban J connectivity index is 2.53. The first-order valence-electron chi connectivity index (χ1n) is 3.66. The highest BCUT2D eigenvalue weighted by atomic mass is 32.2. The van der Waals surface area contributed by atoms with Crippen LogP contribution in [0, 0.1) is 0 Å². The molecule has 2 N–H and O–H groups in total. The van der Waals surface area contributed by atoms with Crippen molar-refractivity contribution in [3.63, 3.8) is 0 Å². The van der Waals surface area contributed by atoms with Crippen LogP contribution in [0.15, 0.2) is 5.16 Å². The van der Waals surface area contributed by atoms with Gasteiger partial charge in [-0.1, -0.05) is 30.9 Å². The normalized spacial score (nSPS) is 10.0. The molecule has 0 aliphatic heterocycles. The maximum absolute atomic E-state index is 4.97. The van der Waals surface area contributed by atoms with Gasteiger partial charge in [-0.3, -0.25) is 0 Å². The molecule has 4 nitrogen and oxygen atoms in total. The first-order valence-corrected chi connectivity index (χ1v) is 6.28. The van der Waals surface area contributed by atoms with Crippen molar-refractivity contribution in [2.45, 2.75) is 12.1 Å². The molecule has 1 aromatic rings. The van der Waals surface area contributed by atoms with Crippen LogP contribution in [0.25, 0.3) is 0 Å². The van der Waals surface area contributed by atoms with Gasteiger partial charge < -0.3 is 5.32 Å². The van der Waals surface area contributed by atoms with Crippen LogP contribution in [0.1, 0.15) is 6.92 Å². The second kappa shape index (κ2) is 5.46. The number of thioether (sulfide) groups is 2. The number of nitrogens with one attached hydrogen (secondary N) is 2. The van der Waals surface area contributed by atoms with E-state index in [-0.39, 0.29) is 0 Å². The number of H-pyrrole nitrogens is 1. The maximum Gasteiger partial charge on any atom is 0.225 e. The van der Waals surface area contributed by atoms with Crippen LogP contribution in [0.5, 0.6) is 0 Å². The summed E-state index contributed by atoms with van der Waals surface area (Å²) in [6, 6.07) is 0. The zero-order chi connectivity index (χ0) is 9.68. The average Bonchev–Trinajstić information content (AvgIpc) is 2.53. The van der Waals surface area contributed by atoms with Gasteiger partial charge in [-0.25, -0.2) is 5.10 Å². The summed E-state index contributed by atoms with van der Waals surface area (Å²) in [5, 5.41) is 10.4. The van der Waals surface area contributed by atoms with E-state index in [2.05, 4.69) is 27.4 Å². The third kappa shape index (κ3) is 3.53. The van der Waals surface area contributed by atoms with Gasteiger partial charge >= 0.3 is 0 Å². The van der Waals surface area contributed by atoms with E-state index in [1.54, 1.807) is 11.8 Å². The third-order valence-electron chi connectivity index (χ3n) is 1.14. The number of aromatic amines is 1. The Morgan fingerprint density at radius 1 is 1.69 bits per heavy atom. The van der Waals surface area contributed by atoms with Gasteiger partial charge in [-0.2, -0.15) is 4.98 Å². The van der Waals surface area contributed by atoms with Gasteiger partial charge in [0.25, 0.3) is 0 Å². The van der Waals surface area contributed by atoms with Crippen LogP contribution in [-0.4, -0.2) is 31.5 Å². The molecule has 72 valence electrons. The van der Waals surface area contributed by atoms with Crippen LogP contribution < -0.4 is 5.32 Å². The lowest BCUT2D eigenvalue weighted by Gasteiger charge is -1.97. The predicted octanol–water partition coefficient (Wildman–Crippen LogP) is 1.98. The lowest BCUT2D eigenvalue weighted by Crippen LogP contribution is -2.04. The summed E-state index contributed by atoms with van der Waals surface area (Å²) >= 11 is 8.02. The molecule has 0 aliphatic carbocycles. The van der Waals surface area contributed by atoms with Crippen molar-refractivity contribution in [1.29, 1.82) is 0 Å². The van der Waals surface area contributed by atoms with E-state index in [0.717, 1.165) is 10.9 Å². The molecule has 0 bridgehead atoms. The smallest absolute Gasteiger partial charge is 0.225 e. The largest absolute Gasteiger partial charge is 0.310 e. The van der Waals surface area contributed by atoms with E-state index < -0.39 is 0 Å². The van der Waals surface area contributed by atoms with Gasteiger partial charge in [0.05, 0.1) is 0 Å². The maximum atomic E-state index is 4.97. The Morgan fingerprint density at radius 3 is 3.08 bits per heavy atom. The van der Waals surface area contributed by atoms with Crippen molar-refractivity contribution in [3.8, 4) is 0 Å². The molecule has 0 saturated heterocycles. The fraction of sp³-hybridized carbons (Fsp3) is 0.500. The molecule has 0 atom stereocenters. The predicted molar refractivity (Wildman–Crippen MR) is 62.5 cm³/mol. The summed E-state index contributed by atoms with van der Waals surface area (Å²) in [4.78, 5) is 4.17. The average molecular weight is 234 g/mol. The Bertz CT molecular complexity index is 285. The van der Waals surface area contributed by atoms with Gasteiger partial charge in [0.1, 0.15) is 4.32 Å². The minimum Gasteiger partial charge on any atom is -0.310 e. The molecule has 0 radical (unpaired) electrons. The van der Waals surface area contributed by atoms with E-state index in [1.165, 1.54) is 11.8 Å². The lowest BCUT2D eigenvalue weighted by atomic mass is 11.0. The van der Waals surface area contributed by atoms with Crippen molar-refractivity contribution >= 4 is 46.0 Å². The van der Waals surface area contributed by atoms with Gasteiger partial charge in [0.15, 0.2) is 0 Å². The van der Waals surface area contributed by atoms with Crippen LogP contribution >= 0.6 is 35.7 Å². The van der Waals surface area contributed by atoms with Crippen molar-refractivity contribution in [2.24, 2.45) is 0 Å². The Labute approximate surface area is 90.7 Å². The second-order valence-electron chi connectivity index (χ2n) is 2.02. The van der Waals surface area contributed by atoms with Crippen LogP contribution in [0.2, 0.25) is 0 Å². The molecule has 0 unspecified atom stereocenters. The van der Waals surface area contributed by atoms with Crippen molar-refractivity contribution in [2.75, 3.05) is 17.3 Å². The summed E-state index contributed by atoms with van der Waals surface area (Å²) in [5.74, 6) is 1.57. The van der Waals surface area contributed by atoms with E-state index in [4.69, 9.17) is 12.2 Å². The van der Waals surface area contributed by atoms with Crippen LogP contribution in [0.4, 0.5) is 5.95 Å². The summed E-state index contributed by atoms with van der Waals surface area (Å²) in [6.07, 6.45) is 1.91. The van der Waals surface area contributed by atoms with Gasteiger partial charge in [0.2, 0.25) is 11.1 Å². The Hall–Kier alpha value is -0.270. The zero-order valence-electron chi connectivity index (χ0n) is 7.33. The van der Waals surface area contributed by atoms with E-state index >= 15 is 0 Å². The van der Waals surface area contributed by atoms with Crippen LogP contribution in [-0.2, 0) is 0 Å². The van der Waals surface area contributed by atoms with Crippen molar-refractivity contribution in [1.82, 2.24) is 15.2 Å². The Morgan fingerprint density at radius 2 is 2.46 bits per heavy atom. The lowest BCUT2D eigenvalue weighted by molar-refractivity contribution is 0.974. The zero-order valence-corrected chi connectivity index (χ0v) is 9.78. The number of rotatable bonds is 3. The molecule has 0 aromatic carbocycles. The molecule has 1 aromatic heterocycles. The molecule has 0 spiro atoms. The van der Waals surface area contributed by atoms with Crippen molar-refractivity contribution < 1.29 is 0 Å². The minimum absolute atomic E-state index is 0.607. The molecule has 0 amide bonds. The molecular formula is C6H10N4S3. The first-order chi connectivity index (χ1) is 6.26. The summed E-state index contributed by atoms with van der Waals surface area (Å²) in [6.45, 7) is 2.06. The fourth-order valence-electron chi connectivity index (χ4n) is 0.644. The molecule has 7 heteroatoms. The monoisotopic (exact) mass is 234 g/mol. The third-order valence-corrected chi connectivity index (χ3v) is 2.95. The Kier molecular flexibility index (Phi) is 4.54. The van der Waals surface area contributed by atoms with Gasteiger partial charge in [-0.15, -0.1) is 16.9 Å². The number of thiocarbonyl (C=S) groups is 1. The van der Waals surface area contributed by atoms with Gasteiger partial charge in [-0.05, 0) is 12.0 Å². The molecule has 0 aliphatic rings. The highest BCUT2D eigenvalue weighted by Crippen LogP contribution is 2.13. The molecule has 0 fully saturated rings. The SMILES string of the molecule is CCSc1n[nH]c(NC(=S)SC)n1. The molecular weight excluding hydrogens is 224 g/mol. The summed E-state index contributed by atoms with van der Waals surface area (Å²) in [7, 11) is 0. The quantitative estimate of drug-likeness (QED) is 0.616. The standard InChI is InChI=1S/C6H10N4S3/c1-3-13-5-7-4(9-10-5)8-6(11)12-2/h3H2,1-2H3,(H2,7,8,9,10,11). The number of hydrogen-bond donors (Lipinski definition) is 2. The minimum atomic E-state index is 0.607. The molecule has 0 saturated carbocycles. The highest BCUT2D eigenvalue weighted by Gasteiger charge is 2.02. The molecule has 1 rings (SSSR count). The second-order valence-corrected chi connectivity index (χ2v) is 4.73. The molecule has 1 heterocycles. The van der Waals surface area contributed by atoms with E-state index in [9.17, 15) is 0 Å².